The van der Waals surface area contributed by atoms with Gasteiger partial charge in [0.2, 0.25) is 0 Å². The lowest BCUT2D eigenvalue weighted by molar-refractivity contribution is 0.375. The Morgan fingerprint density at radius 3 is 2.57 bits per heavy atom. The molecule has 1 aliphatic carbocycles. The van der Waals surface area contributed by atoms with Crippen molar-refractivity contribution in [2.75, 3.05) is 11.4 Å². The molecule has 0 atom stereocenters. The van der Waals surface area contributed by atoms with E-state index in [1.807, 2.05) is 36.5 Å². The Hall–Kier alpha value is -2.83. The fourth-order valence-corrected chi connectivity index (χ4v) is 4.69. The summed E-state index contributed by atoms with van der Waals surface area (Å²) in [4.78, 5) is 7.33. The van der Waals surface area contributed by atoms with Crippen LogP contribution in [0.4, 0.5) is 5.69 Å². The van der Waals surface area contributed by atoms with Gasteiger partial charge in [-0.05, 0) is 61.8 Å². The summed E-state index contributed by atoms with van der Waals surface area (Å²) >= 11 is 0. The first kappa shape index (κ1) is 17.3. The molecule has 3 aromatic rings. The van der Waals surface area contributed by atoms with E-state index in [9.17, 15) is 0 Å². The largest absolute Gasteiger partial charge is 0.368 e. The molecule has 0 bridgehead atoms. The van der Waals surface area contributed by atoms with E-state index >= 15 is 0 Å². The second-order valence-electron chi connectivity index (χ2n) is 7.96. The minimum Gasteiger partial charge on any atom is -0.368 e. The first-order valence-corrected chi connectivity index (χ1v) is 10.3. The van der Waals surface area contributed by atoms with E-state index in [-0.39, 0.29) is 0 Å². The van der Waals surface area contributed by atoms with Gasteiger partial charge in [-0.15, -0.1) is 0 Å². The minimum atomic E-state index is 0.383. The van der Waals surface area contributed by atoms with Crippen LogP contribution in [0.15, 0.2) is 54.7 Å². The van der Waals surface area contributed by atoms with Crippen molar-refractivity contribution in [1.82, 2.24) is 4.98 Å². The fraction of sp³-hybridized carbons (Fsp3) is 0.320. The second-order valence-corrected chi connectivity index (χ2v) is 7.96. The topological polar surface area (TPSA) is 42.1 Å². The van der Waals surface area contributed by atoms with Gasteiger partial charge in [0.05, 0.1) is 0 Å². The van der Waals surface area contributed by atoms with Crippen molar-refractivity contribution in [2.24, 2.45) is 5.73 Å². The highest BCUT2D eigenvalue weighted by atomic mass is 15.2. The molecule has 2 aliphatic rings. The third-order valence-electron chi connectivity index (χ3n) is 6.18. The summed E-state index contributed by atoms with van der Waals surface area (Å²) < 4.78 is 0. The summed E-state index contributed by atoms with van der Waals surface area (Å²) in [5.41, 5.74) is 10.7. The lowest BCUT2D eigenvalue weighted by Gasteiger charge is -2.40. The highest BCUT2D eigenvalue weighted by Crippen LogP contribution is 2.38. The van der Waals surface area contributed by atoms with Crippen LogP contribution in [0.2, 0.25) is 0 Å². The molecule has 1 aliphatic heterocycles. The van der Waals surface area contributed by atoms with Gasteiger partial charge in [-0.2, -0.15) is 0 Å². The van der Waals surface area contributed by atoms with E-state index in [4.69, 9.17) is 10.7 Å². The molecule has 1 aromatic heterocycles. The van der Waals surface area contributed by atoms with E-state index in [0.717, 1.165) is 37.1 Å². The molecule has 2 aromatic carbocycles. The zero-order valence-corrected chi connectivity index (χ0v) is 16.1. The summed E-state index contributed by atoms with van der Waals surface area (Å²) in [6.07, 6.45) is 7.74. The Kier molecular flexibility index (Phi) is 4.50. The highest BCUT2D eigenvalue weighted by Gasteiger charge is 2.28. The van der Waals surface area contributed by atoms with Crippen molar-refractivity contribution >= 4 is 16.5 Å². The van der Waals surface area contributed by atoms with Crippen molar-refractivity contribution in [3.05, 3.63) is 71.5 Å². The third-order valence-corrected chi connectivity index (χ3v) is 6.18. The van der Waals surface area contributed by atoms with Gasteiger partial charge in [0.1, 0.15) is 5.69 Å². The lowest BCUT2D eigenvalue weighted by Crippen LogP contribution is -2.43. The van der Waals surface area contributed by atoms with Gasteiger partial charge in [0.25, 0.3) is 0 Å². The van der Waals surface area contributed by atoms with Crippen molar-refractivity contribution < 1.29 is 0 Å². The predicted molar refractivity (Wildman–Crippen MR) is 115 cm³/mol. The lowest BCUT2D eigenvalue weighted by atomic mass is 9.88. The number of hydrogen-bond acceptors (Lipinski definition) is 3. The highest BCUT2D eigenvalue weighted by molar-refractivity contribution is 6.00. The molecule has 0 unspecified atom stereocenters. The van der Waals surface area contributed by atoms with Crippen LogP contribution in [0, 0.1) is 11.8 Å². The molecule has 28 heavy (non-hydrogen) atoms. The maximum Gasteiger partial charge on any atom is 0.121 e. The van der Waals surface area contributed by atoms with E-state index in [1.165, 1.54) is 34.9 Å². The Balaban J connectivity index is 1.56. The zero-order chi connectivity index (χ0) is 18.9. The molecule has 1 saturated carbocycles. The van der Waals surface area contributed by atoms with E-state index in [0.29, 0.717) is 12.1 Å². The SMILES string of the molecule is NC1CCC(N2CCc3cnc(C#Cc4ccccc4)c4cccc2c34)CC1. The van der Waals surface area contributed by atoms with Gasteiger partial charge < -0.3 is 10.6 Å². The number of hydrogen-bond donors (Lipinski definition) is 1. The van der Waals surface area contributed by atoms with Gasteiger partial charge in [0, 0.05) is 46.8 Å². The third kappa shape index (κ3) is 3.15. The van der Waals surface area contributed by atoms with Crippen LogP contribution < -0.4 is 10.6 Å². The Labute approximate surface area is 166 Å². The normalized spacial score (nSPS) is 21.2. The van der Waals surface area contributed by atoms with Crippen LogP contribution in [0.5, 0.6) is 0 Å². The average molecular weight is 367 g/mol. The van der Waals surface area contributed by atoms with E-state index < -0.39 is 0 Å². The molecule has 3 heteroatoms. The maximum atomic E-state index is 6.14. The summed E-state index contributed by atoms with van der Waals surface area (Å²) in [5.74, 6) is 6.58. The molecular formula is C25H25N3. The van der Waals surface area contributed by atoms with Gasteiger partial charge >= 0.3 is 0 Å². The Morgan fingerprint density at radius 2 is 1.75 bits per heavy atom. The summed E-state index contributed by atoms with van der Waals surface area (Å²) in [5, 5.41) is 2.52. The Morgan fingerprint density at radius 1 is 0.929 bits per heavy atom. The number of rotatable bonds is 1. The van der Waals surface area contributed by atoms with Gasteiger partial charge in [0.15, 0.2) is 0 Å². The molecule has 5 rings (SSSR count). The fourth-order valence-electron chi connectivity index (χ4n) is 4.69. The minimum absolute atomic E-state index is 0.383. The quantitative estimate of drug-likeness (QED) is 0.653. The molecule has 3 nitrogen and oxygen atoms in total. The number of benzene rings is 2. The van der Waals surface area contributed by atoms with Crippen LogP contribution in [-0.4, -0.2) is 23.6 Å². The second kappa shape index (κ2) is 7.30. The molecule has 0 saturated heterocycles. The van der Waals surface area contributed by atoms with Gasteiger partial charge in [-0.3, -0.25) is 0 Å². The molecule has 140 valence electrons. The van der Waals surface area contributed by atoms with Gasteiger partial charge in [-0.25, -0.2) is 4.98 Å². The van der Waals surface area contributed by atoms with Crippen LogP contribution in [-0.2, 0) is 6.42 Å². The summed E-state index contributed by atoms with van der Waals surface area (Å²) in [7, 11) is 0. The van der Waals surface area contributed by atoms with Crippen molar-refractivity contribution in [2.45, 2.75) is 44.2 Å². The maximum absolute atomic E-state index is 6.14. The summed E-state index contributed by atoms with van der Waals surface area (Å²) in [6.45, 7) is 1.07. The van der Waals surface area contributed by atoms with Crippen molar-refractivity contribution in [3.63, 3.8) is 0 Å². The van der Waals surface area contributed by atoms with Crippen LogP contribution in [0.25, 0.3) is 10.8 Å². The molecule has 0 radical (unpaired) electrons. The standard InChI is InChI=1S/C25H25N3/c26-20-10-12-21(13-11-20)28-16-15-19-17-27-23(14-9-18-5-2-1-3-6-18)22-7-4-8-24(28)25(19)22/h1-8,17,20-21H,10-13,15-16,26H2. The zero-order valence-electron chi connectivity index (χ0n) is 16.1. The van der Waals surface area contributed by atoms with E-state index in [2.05, 4.69) is 34.9 Å². The molecule has 2 heterocycles. The first-order valence-electron chi connectivity index (χ1n) is 10.3. The van der Waals surface area contributed by atoms with E-state index in [1.54, 1.807) is 0 Å². The molecule has 1 fully saturated rings. The van der Waals surface area contributed by atoms with Crippen molar-refractivity contribution in [1.29, 1.82) is 0 Å². The summed E-state index contributed by atoms with van der Waals surface area (Å²) in [6, 6.07) is 17.7. The number of nitrogens with two attached hydrogens (primary N) is 1. The molecular weight excluding hydrogens is 342 g/mol. The first-order chi connectivity index (χ1) is 13.8. The number of nitrogens with zero attached hydrogens (tertiary/aromatic N) is 2. The predicted octanol–water partition coefficient (Wildman–Crippen LogP) is 4.27. The van der Waals surface area contributed by atoms with Crippen LogP contribution >= 0.6 is 0 Å². The number of pyridine rings is 1. The monoisotopic (exact) mass is 367 g/mol. The van der Waals surface area contributed by atoms with Crippen LogP contribution in [0.3, 0.4) is 0 Å². The molecule has 0 amide bonds. The molecule has 0 spiro atoms. The average Bonchev–Trinajstić information content (AvgIpc) is 2.75. The van der Waals surface area contributed by atoms with Gasteiger partial charge in [-0.1, -0.05) is 36.3 Å². The Bertz CT molecular complexity index is 1050. The molecule has 2 N–H and O–H groups in total. The number of aromatic nitrogens is 1. The number of anilines is 1. The van der Waals surface area contributed by atoms with Crippen molar-refractivity contribution in [3.8, 4) is 11.8 Å². The van der Waals surface area contributed by atoms with Crippen LogP contribution in [0.1, 0.15) is 42.5 Å². The smallest absolute Gasteiger partial charge is 0.121 e.